The lowest BCUT2D eigenvalue weighted by Crippen LogP contribution is -2.26. The van der Waals surface area contributed by atoms with Gasteiger partial charge in [-0.1, -0.05) is 30.7 Å². The first-order chi connectivity index (χ1) is 10.1. The molecule has 0 aliphatic heterocycles. The number of nitrogens with one attached hydrogen (secondary N) is 1. The van der Waals surface area contributed by atoms with E-state index in [0.29, 0.717) is 12.1 Å². The average Bonchev–Trinajstić information content (AvgIpc) is 3.01. The van der Waals surface area contributed by atoms with Crippen LogP contribution in [0, 0.1) is 18.8 Å². The van der Waals surface area contributed by atoms with Crippen LogP contribution in [0.3, 0.4) is 0 Å². The van der Waals surface area contributed by atoms with Gasteiger partial charge in [0.25, 0.3) is 0 Å². The van der Waals surface area contributed by atoms with Gasteiger partial charge in [-0.05, 0) is 49.8 Å². The van der Waals surface area contributed by atoms with Gasteiger partial charge >= 0.3 is 0 Å². The Kier molecular flexibility index (Phi) is 4.34. The molecule has 112 valence electrons. The maximum Gasteiger partial charge on any atom is 0.0798 e. The number of nitrogens with zero attached hydrogens (tertiary/aromatic N) is 1. The number of thiazole rings is 1. The molecule has 1 aromatic carbocycles. The topological polar surface area (TPSA) is 24.9 Å². The number of rotatable bonds is 5. The molecule has 2 aromatic rings. The SMILES string of the molecule is Cc1ncsc1[C@H](C)N[C@H](c1ccc(Cl)cc1)[C@@H]1C[C@H]1C. The van der Waals surface area contributed by atoms with Crippen molar-refractivity contribution in [1.82, 2.24) is 10.3 Å². The van der Waals surface area contributed by atoms with E-state index in [1.54, 1.807) is 11.3 Å². The van der Waals surface area contributed by atoms with Crippen molar-refractivity contribution in [2.24, 2.45) is 11.8 Å². The van der Waals surface area contributed by atoms with Crippen LogP contribution in [0.15, 0.2) is 29.8 Å². The number of aryl methyl sites for hydroxylation is 1. The average molecular weight is 321 g/mol. The van der Waals surface area contributed by atoms with Crippen LogP contribution in [-0.4, -0.2) is 4.98 Å². The fourth-order valence-electron chi connectivity index (χ4n) is 3.02. The highest BCUT2D eigenvalue weighted by molar-refractivity contribution is 7.09. The summed E-state index contributed by atoms with van der Waals surface area (Å²) in [6, 6.07) is 9.00. The first-order valence-electron chi connectivity index (χ1n) is 7.47. The van der Waals surface area contributed by atoms with Crippen molar-refractivity contribution in [3.8, 4) is 0 Å². The molecule has 0 saturated heterocycles. The minimum Gasteiger partial charge on any atom is -0.302 e. The molecule has 1 N–H and O–H groups in total. The third-order valence-electron chi connectivity index (χ3n) is 4.43. The molecule has 21 heavy (non-hydrogen) atoms. The Morgan fingerprint density at radius 1 is 1.33 bits per heavy atom. The van der Waals surface area contributed by atoms with Gasteiger partial charge in [-0.3, -0.25) is 0 Å². The summed E-state index contributed by atoms with van der Waals surface area (Å²) in [5.41, 5.74) is 4.40. The van der Waals surface area contributed by atoms with Gasteiger partial charge in [0, 0.05) is 22.0 Å². The molecule has 0 spiro atoms. The van der Waals surface area contributed by atoms with Crippen molar-refractivity contribution in [3.63, 3.8) is 0 Å². The molecule has 1 heterocycles. The molecule has 2 nitrogen and oxygen atoms in total. The van der Waals surface area contributed by atoms with Gasteiger partial charge in [0.1, 0.15) is 0 Å². The van der Waals surface area contributed by atoms with Gasteiger partial charge in [0.2, 0.25) is 0 Å². The lowest BCUT2D eigenvalue weighted by Gasteiger charge is -2.24. The molecule has 1 fully saturated rings. The summed E-state index contributed by atoms with van der Waals surface area (Å²) in [7, 11) is 0. The van der Waals surface area contributed by atoms with E-state index in [0.717, 1.165) is 22.6 Å². The summed E-state index contributed by atoms with van der Waals surface area (Å²) in [5.74, 6) is 1.52. The second kappa shape index (κ2) is 6.07. The van der Waals surface area contributed by atoms with E-state index in [4.69, 9.17) is 11.6 Å². The van der Waals surface area contributed by atoms with Crippen molar-refractivity contribution in [3.05, 3.63) is 50.9 Å². The zero-order chi connectivity index (χ0) is 15.0. The van der Waals surface area contributed by atoms with E-state index in [1.165, 1.54) is 16.9 Å². The van der Waals surface area contributed by atoms with Crippen LogP contribution in [0.2, 0.25) is 5.02 Å². The fourth-order valence-corrected chi connectivity index (χ4v) is 3.97. The highest BCUT2D eigenvalue weighted by Crippen LogP contribution is 2.48. The van der Waals surface area contributed by atoms with Gasteiger partial charge in [-0.25, -0.2) is 4.98 Å². The van der Waals surface area contributed by atoms with E-state index in [2.05, 4.69) is 43.2 Å². The standard InChI is InChI=1S/C17H21ClN2S/c1-10-8-15(10)16(13-4-6-14(18)7-5-13)20-12(3)17-11(2)19-9-21-17/h4-7,9-10,12,15-16,20H,8H2,1-3H3/t10-,12+,15-,16-/m1/s1. The second-order valence-corrected chi connectivity index (χ2v) is 7.42. The van der Waals surface area contributed by atoms with Crippen molar-refractivity contribution in [2.45, 2.75) is 39.3 Å². The summed E-state index contributed by atoms with van der Waals surface area (Å²) in [4.78, 5) is 5.70. The Bertz CT molecular complexity index is 608. The van der Waals surface area contributed by atoms with Gasteiger partial charge < -0.3 is 5.32 Å². The van der Waals surface area contributed by atoms with Crippen LogP contribution in [-0.2, 0) is 0 Å². The summed E-state index contributed by atoms with van der Waals surface area (Å²) in [6.07, 6.45) is 1.30. The molecular weight excluding hydrogens is 300 g/mol. The first-order valence-corrected chi connectivity index (χ1v) is 8.73. The van der Waals surface area contributed by atoms with Crippen molar-refractivity contribution < 1.29 is 0 Å². The molecule has 0 amide bonds. The van der Waals surface area contributed by atoms with E-state index >= 15 is 0 Å². The third kappa shape index (κ3) is 3.31. The monoisotopic (exact) mass is 320 g/mol. The van der Waals surface area contributed by atoms with Crippen LogP contribution >= 0.6 is 22.9 Å². The number of benzene rings is 1. The van der Waals surface area contributed by atoms with Gasteiger partial charge in [0.05, 0.1) is 11.2 Å². The Morgan fingerprint density at radius 2 is 2.00 bits per heavy atom. The molecule has 4 heteroatoms. The van der Waals surface area contributed by atoms with E-state index in [9.17, 15) is 0 Å². The normalized spacial score (nSPS) is 23.8. The Morgan fingerprint density at radius 3 is 2.52 bits per heavy atom. The van der Waals surface area contributed by atoms with Crippen molar-refractivity contribution in [2.75, 3.05) is 0 Å². The van der Waals surface area contributed by atoms with Crippen LogP contribution in [0.4, 0.5) is 0 Å². The number of halogens is 1. The van der Waals surface area contributed by atoms with Crippen LogP contribution in [0.5, 0.6) is 0 Å². The van der Waals surface area contributed by atoms with Crippen molar-refractivity contribution >= 4 is 22.9 Å². The Hall–Kier alpha value is -0.900. The van der Waals surface area contributed by atoms with Crippen LogP contribution in [0.25, 0.3) is 0 Å². The smallest absolute Gasteiger partial charge is 0.0798 e. The van der Waals surface area contributed by atoms with Gasteiger partial charge in [-0.2, -0.15) is 0 Å². The number of hydrogen-bond acceptors (Lipinski definition) is 3. The van der Waals surface area contributed by atoms with E-state index < -0.39 is 0 Å². The maximum atomic E-state index is 6.02. The van der Waals surface area contributed by atoms with Crippen LogP contribution in [0.1, 0.15) is 48.5 Å². The van der Waals surface area contributed by atoms with E-state index in [-0.39, 0.29) is 0 Å². The second-order valence-electron chi connectivity index (χ2n) is 6.10. The highest BCUT2D eigenvalue weighted by Gasteiger charge is 2.40. The number of aromatic nitrogens is 1. The Labute approximate surface area is 135 Å². The lowest BCUT2D eigenvalue weighted by atomic mass is 10.00. The molecule has 3 rings (SSSR count). The largest absolute Gasteiger partial charge is 0.302 e. The summed E-state index contributed by atoms with van der Waals surface area (Å²) >= 11 is 7.76. The summed E-state index contributed by atoms with van der Waals surface area (Å²) in [6.45, 7) is 6.65. The zero-order valence-corrected chi connectivity index (χ0v) is 14.2. The molecule has 1 aliphatic carbocycles. The predicted octanol–water partition coefficient (Wildman–Crippen LogP) is 5.15. The van der Waals surface area contributed by atoms with Gasteiger partial charge in [0.15, 0.2) is 0 Å². The molecule has 0 unspecified atom stereocenters. The molecular formula is C17H21ClN2S. The fraction of sp³-hybridized carbons (Fsp3) is 0.471. The van der Waals surface area contributed by atoms with Crippen molar-refractivity contribution in [1.29, 1.82) is 0 Å². The molecule has 1 aliphatic rings. The first kappa shape index (κ1) is 15.0. The quantitative estimate of drug-likeness (QED) is 0.823. The predicted molar refractivity (Wildman–Crippen MR) is 89.9 cm³/mol. The minimum atomic E-state index is 0.325. The Balaban J connectivity index is 1.80. The zero-order valence-electron chi connectivity index (χ0n) is 12.6. The molecule has 0 radical (unpaired) electrons. The van der Waals surface area contributed by atoms with Gasteiger partial charge in [-0.15, -0.1) is 11.3 Å². The lowest BCUT2D eigenvalue weighted by molar-refractivity contribution is 0.416. The van der Waals surface area contributed by atoms with E-state index in [1.807, 2.05) is 17.6 Å². The molecule has 1 aromatic heterocycles. The maximum absolute atomic E-state index is 6.02. The molecule has 1 saturated carbocycles. The summed E-state index contributed by atoms with van der Waals surface area (Å²) < 4.78 is 0. The summed E-state index contributed by atoms with van der Waals surface area (Å²) in [5, 5.41) is 4.61. The molecule has 4 atom stereocenters. The van der Waals surface area contributed by atoms with Crippen LogP contribution < -0.4 is 5.32 Å². The third-order valence-corrected chi connectivity index (χ3v) is 5.80. The molecule has 0 bridgehead atoms. The highest BCUT2D eigenvalue weighted by atomic mass is 35.5. The minimum absolute atomic E-state index is 0.325. The number of hydrogen-bond donors (Lipinski definition) is 1.